The molecule has 0 bridgehead atoms. The first-order chi connectivity index (χ1) is 9.95. The quantitative estimate of drug-likeness (QED) is 0.562. The second-order valence-electron chi connectivity index (χ2n) is 9.03. The van der Waals surface area contributed by atoms with E-state index in [9.17, 15) is 4.79 Å². The largest absolute Gasteiger partial charge is 0.299 e. The van der Waals surface area contributed by atoms with Crippen molar-refractivity contribution in [3.8, 4) is 0 Å². The molecule has 0 N–H and O–H groups in total. The SMILES string of the molecule is C[C@H]1CC[C@@]2(C)C(=CC[C@@H]3C2CC[C@]2(C)C(=O)CC[C@@H]32)C1. The fraction of sp³-hybridized carbons (Fsp3) is 0.850. The third kappa shape index (κ3) is 1.79. The van der Waals surface area contributed by atoms with Crippen LogP contribution in [0.4, 0.5) is 0 Å². The van der Waals surface area contributed by atoms with E-state index in [1.165, 1.54) is 38.5 Å². The molecule has 21 heavy (non-hydrogen) atoms. The van der Waals surface area contributed by atoms with Gasteiger partial charge in [0.1, 0.15) is 5.78 Å². The Labute approximate surface area is 129 Å². The van der Waals surface area contributed by atoms with Gasteiger partial charge in [-0.05, 0) is 74.0 Å². The zero-order valence-corrected chi connectivity index (χ0v) is 14.0. The van der Waals surface area contributed by atoms with Gasteiger partial charge in [0, 0.05) is 11.8 Å². The molecule has 1 nitrogen and oxygen atoms in total. The topological polar surface area (TPSA) is 17.1 Å². The second kappa shape index (κ2) is 4.46. The normalized spacial score (nSPS) is 52.7. The average molecular weight is 286 g/mol. The van der Waals surface area contributed by atoms with Gasteiger partial charge in [0.25, 0.3) is 0 Å². The Morgan fingerprint density at radius 1 is 1.05 bits per heavy atom. The number of hydrogen-bond donors (Lipinski definition) is 0. The summed E-state index contributed by atoms with van der Waals surface area (Å²) in [5.74, 6) is 3.77. The van der Waals surface area contributed by atoms with E-state index in [-0.39, 0.29) is 5.41 Å². The molecule has 0 spiro atoms. The lowest BCUT2D eigenvalue weighted by molar-refractivity contribution is -0.131. The van der Waals surface area contributed by atoms with Crippen molar-refractivity contribution in [3.63, 3.8) is 0 Å². The van der Waals surface area contributed by atoms with Gasteiger partial charge in [0.15, 0.2) is 0 Å². The van der Waals surface area contributed by atoms with Crippen LogP contribution in [0, 0.1) is 34.5 Å². The van der Waals surface area contributed by atoms with E-state index < -0.39 is 0 Å². The molecule has 0 aromatic rings. The number of rotatable bonds is 0. The monoisotopic (exact) mass is 286 g/mol. The second-order valence-corrected chi connectivity index (χ2v) is 9.03. The van der Waals surface area contributed by atoms with Crippen LogP contribution in [0.15, 0.2) is 11.6 Å². The minimum atomic E-state index is 0.0326. The Bertz CT molecular complexity index is 504. The lowest BCUT2D eigenvalue weighted by Crippen LogP contribution is -2.50. The summed E-state index contributed by atoms with van der Waals surface area (Å²) in [5.41, 5.74) is 2.27. The number of carbonyl (C=O) groups excluding carboxylic acids is 1. The molecule has 1 heteroatoms. The Morgan fingerprint density at radius 2 is 1.76 bits per heavy atom. The predicted octanol–water partition coefficient (Wildman–Crippen LogP) is 5.15. The number of hydrogen-bond acceptors (Lipinski definition) is 1. The summed E-state index contributed by atoms with van der Waals surface area (Å²) in [4.78, 5) is 12.4. The molecule has 3 fully saturated rings. The Kier molecular flexibility index (Phi) is 2.98. The highest BCUT2D eigenvalue weighted by Crippen LogP contribution is 2.64. The molecule has 4 rings (SSSR count). The molecule has 0 aromatic carbocycles. The maximum Gasteiger partial charge on any atom is 0.139 e. The molecule has 4 aliphatic rings. The molecular formula is C20H30O. The van der Waals surface area contributed by atoms with Gasteiger partial charge >= 0.3 is 0 Å². The van der Waals surface area contributed by atoms with E-state index in [1.54, 1.807) is 5.57 Å². The van der Waals surface area contributed by atoms with Gasteiger partial charge in [0.05, 0.1) is 0 Å². The van der Waals surface area contributed by atoms with Crippen molar-refractivity contribution in [3.05, 3.63) is 11.6 Å². The molecular weight excluding hydrogens is 256 g/mol. The van der Waals surface area contributed by atoms with Gasteiger partial charge in [-0.3, -0.25) is 4.79 Å². The highest BCUT2D eigenvalue weighted by Gasteiger charge is 2.58. The van der Waals surface area contributed by atoms with Crippen molar-refractivity contribution in [2.75, 3.05) is 0 Å². The van der Waals surface area contributed by atoms with E-state index in [0.29, 0.717) is 17.1 Å². The Morgan fingerprint density at radius 3 is 2.57 bits per heavy atom. The zero-order valence-electron chi connectivity index (χ0n) is 14.0. The van der Waals surface area contributed by atoms with Crippen LogP contribution in [-0.4, -0.2) is 5.78 Å². The van der Waals surface area contributed by atoms with Crippen molar-refractivity contribution in [1.82, 2.24) is 0 Å². The molecule has 0 heterocycles. The highest BCUT2D eigenvalue weighted by atomic mass is 16.1. The van der Waals surface area contributed by atoms with Crippen molar-refractivity contribution >= 4 is 5.78 Å². The summed E-state index contributed by atoms with van der Waals surface area (Å²) in [7, 11) is 0. The standard InChI is InChI=1S/C20H30O/c1-13-8-10-19(2)14(12-13)4-5-15-16-6-7-18(21)20(16,3)11-9-17(15)19/h4,13,15-17H,5-12H2,1-3H3/t13-,15-,16-,17?,19-,20-/m0/s1. The van der Waals surface area contributed by atoms with Crippen LogP contribution in [-0.2, 0) is 4.79 Å². The van der Waals surface area contributed by atoms with E-state index >= 15 is 0 Å². The fourth-order valence-electron chi connectivity index (χ4n) is 6.61. The Hall–Kier alpha value is -0.590. The van der Waals surface area contributed by atoms with E-state index in [1.807, 2.05) is 0 Å². The number of carbonyl (C=O) groups is 1. The molecule has 6 atom stereocenters. The minimum Gasteiger partial charge on any atom is -0.299 e. The van der Waals surface area contributed by atoms with Crippen molar-refractivity contribution < 1.29 is 4.79 Å². The summed E-state index contributed by atoms with van der Waals surface area (Å²) in [6.07, 6.45) is 12.5. The third-order valence-electron chi connectivity index (χ3n) is 8.06. The van der Waals surface area contributed by atoms with Crippen LogP contribution in [0.25, 0.3) is 0 Å². The van der Waals surface area contributed by atoms with Gasteiger partial charge in [0.2, 0.25) is 0 Å². The number of ketones is 1. The van der Waals surface area contributed by atoms with Crippen molar-refractivity contribution in [1.29, 1.82) is 0 Å². The van der Waals surface area contributed by atoms with Gasteiger partial charge in [-0.1, -0.05) is 32.4 Å². The molecule has 116 valence electrons. The summed E-state index contributed by atoms with van der Waals surface area (Å²) in [6.45, 7) is 7.26. The van der Waals surface area contributed by atoms with Gasteiger partial charge in [-0.15, -0.1) is 0 Å². The van der Waals surface area contributed by atoms with Gasteiger partial charge in [-0.2, -0.15) is 0 Å². The van der Waals surface area contributed by atoms with E-state index in [2.05, 4.69) is 26.8 Å². The Balaban J connectivity index is 1.69. The van der Waals surface area contributed by atoms with Crippen molar-refractivity contribution in [2.24, 2.45) is 34.5 Å². The summed E-state index contributed by atoms with van der Waals surface area (Å²) in [5, 5.41) is 0. The minimum absolute atomic E-state index is 0.0326. The van der Waals surface area contributed by atoms with Gasteiger partial charge in [-0.25, -0.2) is 0 Å². The molecule has 0 amide bonds. The molecule has 1 unspecified atom stereocenters. The van der Waals surface area contributed by atoms with Crippen LogP contribution in [0.1, 0.15) is 72.1 Å². The summed E-state index contributed by atoms with van der Waals surface area (Å²) >= 11 is 0. The molecule has 0 aliphatic heterocycles. The predicted molar refractivity (Wildman–Crippen MR) is 85.9 cm³/mol. The zero-order chi connectivity index (χ0) is 14.8. The molecule has 4 aliphatic carbocycles. The average Bonchev–Trinajstić information content (AvgIpc) is 2.76. The number of allylic oxidation sites excluding steroid dienone is 2. The van der Waals surface area contributed by atoms with Crippen LogP contribution in [0.3, 0.4) is 0 Å². The van der Waals surface area contributed by atoms with Crippen LogP contribution in [0.5, 0.6) is 0 Å². The first-order valence-electron chi connectivity index (χ1n) is 9.18. The maximum absolute atomic E-state index is 12.4. The molecule has 0 saturated heterocycles. The first-order valence-corrected chi connectivity index (χ1v) is 9.18. The third-order valence-corrected chi connectivity index (χ3v) is 8.06. The van der Waals surface area contributed by atoms with Gasteiger partial charge < -0.3 is 0 Å². The lowest BCUT2D eigenvalue weighted by atomic mass is 9.47. The lowest BCUT2D eigenvalue weighted by Gasteiger charge is -2.57. The number of Topliss-reactive ketones (excluding diaryl/α,β-unsaturated/α-hetero) is 1. The van der Waals surface area contributed by atoms with Crippen LogP contribution in [0.2, 0.25) is 0 Å². The van der Waals surface area contributed by atoms with Crippen LogP contribution >= 0.6 is 0 Å². The summed E-state index contributed by atoms with van der Waals surface area (Å²) in [6, 6.07) is 0. The van der Waals surface area contributed by atoms with Crippen molar-refractivity contribution in [2.45, 2.75) is 72.1 Å². The smallest absolute Gasteiger partial charge is 0.139 e. The van der Waals surface area contributed by atoms with E-state index in [0.717, 1.165) is 30.6 Å². The highest BCUT2D eigenvalue weighted by molar-refractivity contribution is 5.87. The van der Waals surface area contributed by atoms with E-state index in [4.69, 9.17) is 0 Å². The number of fused-ring (bicyclic) bond motifs is 5. The van der Waals surface area contributed by atoms with Crippen LogP contribution < -0.4 is 0 Å². The molecule has 0 radical (unpaired) electrons. The molecule has 3 saturated carbocycles. The molecule has 0 aromatic heterocycles. The maximum atomic E-state index is 12.4. The first kappa shape index (κ1) is 14.0. The fourth-order valence-corrected chi connectivity index (χ4v) is 6.61. The summed E-state index contributed by atoms with van der Waals surface area (Å²) < 4.78 is 0.